The maximum Gasteiger partial charge on any atom is 0.172 e. The molecule has 0 unspecified atom stereocenters. The number of rotatable bonds is 0. The van der Waals surface area contributed by atoms with Gasteiger partial charge in [0.15, 0.2) is 11.2 Å². The predicted octanol–water partition coefficient (Wildman–Crippen LogP) is 2.69. The van der Waals surface area contributed by atoms with Crippen LogP contribution in [-0.2, 0) is 0 Å². The van der Waals surface area contributed by atoms with Gasteiger partial charge in [0.2, 0.25) is 0 Å². The predicted molar refractivity (Wildman–Crippen MR) is 46.3 cm³/mol. The van der Waals surface area contributed by atoms with Crippen LogP contribution in [0.2, 0.25) is 0 Å². The zero-order valence-electron chi connectivity index (χ0n) is 6.94. The van der Waals surface area contributed by atoms with Crippen molar-refractivity contribution in [2.75, 3.05) is 0 Å². The number of hydrogen-bond donors (Lipinski definition) is 0. The third-order valence-electron chi connectivity index (χ3n) is 1.63. The van der Waals surface area contributed by atoms with Gasteiger partial charge in [0.25, 0.3) is 0 Å². The Balaban J connectivity index is 2.81. The van der Waals surface area contributed by atoms with E-state index in [1.807, 2.05) is 13.0 Å². The van der Waals surface area contributed by atoms with Crippen molar-refractivity contribution >= 4 is 11.2 Å². The van der Waals surface area contributed by atoms with Crippen LogP contribution in [0.4, 0.5) is 0 Å². The fourth-order valence-electron chi connectivity index (χ4n) is 1.02. The van der Waals surface area contributed by atoms with Crippen LogP contribution in [0, 0.1) is 6.92 Å². The second-order valence-electron chi connectivity index (χ2n) is 2.68. The van der Waals surface area contributed by atoms with Crippen molar-refractivity contribution in [3.63, 3.8) is 0 Å². The molecule has 0 atom stereocenters. The van der Waals surface area contributed by atoms with Crippen LogP contribution in [0.5, 0.6) is 0 Å². The highest BCUT2D eigenvalue weighted by molar-refractivity contribution is 5.69. The van der Waals surface area contributed by atoms with Gasteiger partial charge in [-0.25, -0.2) is 0 Å². The van der Waals surface area contributed by atoms with Crippen LogP contribution >= 0.6 is 0 Å². The molecule has 6 nitrogen and oxygen atoms in total. The Kier molecular flexibility index (Phi) is 1.48. The van der Waals surface area contributed by atoms with Gasteiger partial charge in [0.1, 0.15) is 0 Å². The number of hydrogen-bond acceptors (Lipinski definition) is 2. The Hall–Kier alpha value is -1.98. The minimum absolute atomic E-state index is 0.434. The van der Waals surface area contributed by atoms with Crippen molar-refractivity contribution in [1.29, 1.82) is 0 Å². The molecule has 1 aromatic heterocycles. The van der Waals surface area contributed by atoms with E-state index in [2.05, 4.69) is 0 Å². The Morgan fingerprint density at radius 1 is 1.08 bits per heavy atom. The molecule has 1 heterocycles. The van der Waals surface area contributed by atoms with Crippen LogP contribution in [0.25, 0.3) is 22.9 Å². The maximum atomic E-state index is 7.10. The molecule has 0 fully saturated rings. The molecule has 0 aliphatic carbocycles. The molecule has 70 valence electrons. The van der Waals surface area contributed by atoms with Crippen LogP contribution in [-0.4, -0.2) is 9.93 Å². The van der Waals surface area contributed by atoms with E-state index >= 15 is 0 Å². The normalized spacial score (nSPS) is 10.5. The number of nitrogens with one attached hydrogen (secondary N) is 2. The fourth-order valence-corrected chi connectivity index (χ4v) is 1.02. The third-order valence-corrected chi connectivity index (χ3v) is 1.63. The summed E-state index contributed by atoms with van der Waals surface area (Å²) in [5.41, 5.74) is 1.89. The van der Waals surface area contributed by atoms with Gasteiger partial charge in [-0.05, 0) is 24.6 Å². The molecular formula is C7H8N4O2-2. The van der Waals surface area contributed by atoms with Gasteiger partial charge in [-0.15, -0.1) is 0 Å². The second-order valence-corrected chi connectivity index (χ2v) is 2.68. The van der Waals surface area contributed by atoms with Gasteiger partial charge in [-0.3, -0.25) is 0 Å². The van der Waals surface area contributed by atoms with Crippen molar-refractivity contribution < 1.29 is 9.05 Å². The summed E-state index contributed by atoms with van der Waals surface area (Å²) in [5, 5.41) is 0. The fraction of sp³-hybridized carbons (Fsp3) is 0.143. The van der Waals surface area contributed by atoms with E-state index in [9.17, 15) is 0 Å². The molecule has 0 saturated carbocycles. The van der Waals surface area contributed by atoms with Crippen molar-refractivity contribution in [1.82, 2.24) is 9.93 Å². The van der Waals surface area contributed by atoms with Gasteiger partial charge >= 0.3 is 0 Å². The van der Waals surface area contributed by atoms with Gasteiger partial charge in [-0.1, -0.05) is 6.07 Å². The first-order chi connectivity index (χ1) is 6.16. The molecule has 0 aliphatic rings. The lowest BCUT2D eigenvalue weighted by Gasteiger charge is -2.24. The lowest BCUT2D eigenvalue weighted by Crippen LogP contribution is -2.01. The average Bonchev–Trinajstić information content (AvgIpc) is 2.08. The molecule has 0 amide bonds. The van der Waals surface area contributed by atoms with E-state index in [0.29, 0.717) is 21.1 Å². The summed E-state index contributed by atoms with van der Waals surface area (Å²) in [5.74, 6) is 14.2. The highest BCUT2D eigenvalue weighted by Gasteiger charge is 1.94. The molecular weight excluding hydrogens is 172 g/mol. The van der Waals surface area contributed by atoms with Crippen LogP contribution in [0.15, 0.2) is 27.2 Å². The summed E-state index contributed by atoms with van der Waals surface area (Å²) < 4.78 is 9.85. The summed E-state index contributed by atoms with van der Waals surface area (Å²) in [7, 11) is 0. The van der Waals surface area contributed by atoms with E-state index in [4.69, 9.17) is 20.7 Å². The molecule has 2 N–H and O–H groups in total. The molecule has 2 rings (SSSR count). The molecule has 0 radical (unpaired) electrons. The summed E-state index contributed by atoms with van der Waals surface area (Å²) in [6, 6.07) is 5.28. The van der Waals surface area contributed by atoms with Gasteiger partial charge < -0.3 is 30.7 Å². The highest BCUT2D eigenvalue weighted by atomic mass is 16.6. The minimum Gasteiger partial charge on any atom is -0.476 e. The van der Waals surface area contributed by atoms with E-state index in [-0.39, 0.29) is 0 Å². The maximum absolute atomic E-state index is 7.10. The molecule has 2 aromatic rings. The largest absolute Gasteiger partial charge is 0.476 e. The number of aromatic nitrogens is 2. The van der Waals surface area contributed by atoms with Crippen LogP contribution in [0.1, 0.15) is 5.56 Å². The first-order valence-corrected chi connectivity index (χ1v) is 3.66. The highest BCUT2D eigenvalue weighted by Crippen LogP contribution is 2.14. The van der Waals surface area contributed by atoms with Crippen molar-refractivity contribution in [3.8, 4) is 0 Å². The summed E-state index contributed by atoms with van der Waals surface area (Å²) in [6.45, 7) is 1.91. The summed E-state index contributed by atoms with van der Waals surface area (Å²) >= 11 is 0. The number of benzene rings is 1. The summed E-state index contributed by atoms with van der Waals surface area (Å²) in [4.78, 5) is 0.888. The Morgan fingerprint density at radius 3 is 2.38 bits per heavy atom. The summed E-state index contributed by atoms with van der Waals surface area (Å²) in [6.07, 6.45) is 0. The zero-order valence-corrected chi connectivity index (χ0v) is 6.94. The Bertz CT molecular complexity index is 471. The number of nitrogens with zero attached hydrogens (tertiary/aromatic N) is 2. The Labute approximate surface area is 73.4 Å². The number of aryl methyl sites for hydroxylation is 1. The van der Waals surface area contributed by atoms with Gasteiger partial charge in [-0.2, -0.15) is 0 Å². The number of fused-ring (bicyclic) bond motifs is 1. The molecule has 1 aromatic carbocycles. The topological polar surface area (TPSA) is 83.7 Å². The smallest absolute Gasteiger partial charge is 0.172 e. The standard InChI is InChI=1S/C7H8N4O2/c1-5-2-3-6-7(4-5)13-11(9)10(8)12-6/h2-4,8-9H,1H3/q-2. The Morgan fingerprint density at radius 2 is 1.69 bits per heavy atom. The molecule has 6 heteroatoms. The lowest BCUT2D eigenvalue weighted by molar-refractivity contribution is 0.149. The van der Waals surface area contributed by atoms with Crippen molar-refractivity contribution in [2.24, 2.45) is 0 Å². The molecule has 0 spiro atoms. The van der Waals surface area contributed by atoms with E-state index in [1.165, 1.54) is 0 Å². The first-order valence-electron chi connectivity index (χ1n) is 3.66. The quantitative estimate of drug-likeness (QED) is 0.624. The molecule has 0 saturated heterocycles. The van der Waals surface area contributed by atoms with E-state index < -0.39 is 0 Å². The lowest BCUT2D eigenvalue weighted by atomic mass is 10.2. The monoisotopic (exact) mass is 180 g/mol. The zero-order chi connectivity index (χ0) is 9.42. The first kappa shape index (κ1) is 7.66. The molecule has 13 heavy (non-hydrogen) atoms. The van der Waals surface area contributed by atoms with E-state index in [0.717, 1.165) is 5.56 Å². The average molecular weight is 180 g/mol. The van der Waals surface area contributed by atoms with Crippen molar-refractivity contribution in [3.05, 3.63) is 35.4 Å². The third kappa shape index (κ3) is 1.22. The SMILES string of the molecule is Cc1ccc2on([NH-])n([NH-])oc2c1. The second kappa shape index (κ2) is 2.51. The molecule has 0 bridgehead atoms. The van der Waals surface area contributed by atoms with Gasteiger partial charge in [0, 0.05) is 0 Å². The molecule has 0 aliphatic heterocycles. The van der Waals surface area contributed by atoms with Crippen LogP contribution in [0.3, 0.4) is 0 Å². The van der Waals surface area contributed by atoms with Gasteiger partial charge in [0.05, 0.1) is 0 Å². The van der Waals surface area contributed by atoms with E-state index in [1.54, 1.807) is 12.1 Å². The minimum atomic E-state index is 0.434. The van der Waals surface area contributed by atoms with Crippen LogP contribution < -0.4 is 0 Å². The van der Waals surface area contributed by atoms with Crippen molar-refractivity contribution in [2.45, 2.75) is 6.92 Å².